The number of hydrogen-bond donors (Lipinski definition) is 0. The van der Waals surface area contributed by atoms with Crippen molar-refractivity contribution in [3.63, 3.8) is 0 Å². The predicted molar refractivity (Wildman–Crippen MR) is 99.5 cm³/mol. The van der Waals surface area contributed by atoms with E-state index in [-0.39, 0.29) is 0 Å². The number of aromatic nitrogens is 3. The number of ether oxygens (including phenoxy) is 1. The Morgan fingerprint density at radius 3 is 2.80 bits per heavy atom. The zero-order valence-corrected chi connectivity index (χ0v) is 14.9. The van der Waals surface area contributed by atoms with E-state index < -0.39 is 0 Å². The van der Waals surface area contributed by atoms with Gasteiger partial charge in [0.05, 0.1) is 42.6 Å². The molecule has 1 fully saturated rings. The number of hydrogen-bond acceptors (Lipinski definition) is 4. The molecule has 1 saturated heterocycles. The molecule has 3 heterocycles. The number of imidazole rings is 1. The number of nitrogens with zero attached hydrogens (tertiary/aromatic N) is 4. The molecular formula is C20H24N4O. The Bertz CT molecular complexity index is 881. The van der Waals surface area contributed by atoms with Crippen molar-refractivity contribution in [1.29, 1.82) is 0 Å². The molecule has 0 N–H and O–H groups in total. The van der Waals surface area contributed by atoms with Crippen LogP contribution >= 0.6 is 0 Å². The van der Waals surface area contributed by atoms with Gasteiger partial charge in [-0.25, -0.2) is 9.97 Å². The number of pyridine rings is 1. The second-order valence-corrected chi connectivity index (χ2v) is 6.63. The minimum Gasteiger partial charge on any atom is -0.379 e. The second-order valence-electron chi connectivity index (χ2n) is 6.63. The average molecular weight is 336 g/mol. The molecule has 0 atom stereocenters. The number of aryl methyl sites for hydroxylation is 2. The van der Waals surface area contributed by atoms with E-state index in [2.05, 4.69) is 52.6 Å². The van der Waals surface area contributed by atoms with E-state index in [1.807, 2.05) is 12.5 Å². The van der Waals surface area contributed by atoms with E-state index in [9.17, 15) is 0 Å². The van der Waals surface area contributed by atoms with Crippen molar-refractivity contribution < 1.29 is 4.74 Å². The van der Waals surface area contributed by atoms with Gasteiger partial charge in [0, 0.05) is 31.6 Å². The summed E-state index contributed by atoms with van der Waals surface area (Å²) < 4.78 is 7.56. The molecule has 3 aromatic rings. The van der Waals surface area contributed by atoms with Crippen molar-refractivity contribution in [1.82, 2.24) is 19.4 Å². The third-order valence-corrected chi connectivity index (χ3v) is 4.91. The van der Waals surface area contributed by atoms with Crippen molar-refractivity contribution in [3.8, 4) is 11.4 Å². The molecule has 25 heavy (non-hydrogen) atoms. The summed E-state index contributed by atoms with van der Waals surface area (Å²) in [6.07, 6.45) is 3.76. The fourth-order valence-corrected chi connectivity index (χ4v) is 3.47. The summed E-state index contributed by atoms with van der Waals surface area (Å²) in [6.45, 7) is 9.85. The molecule has 4 rings (SSSR count). The van der Waals surface area contributed by atoms with Gasteiger partial charge in [-0.1, -0.05) is 6.07 Å². The van der Waals surface area contributed by atoms with Crippen LogP contribution < -0.4 is 0 Å². The molecule has 0 radical (unpaired) electrons. The van der Waals surface area contributed by atoms with Crippen molar-refractivity contribution in [3.05, 3.63) is 47.9 Å². The molecule has 0 amide bonds. The molecule has 130 valence electrons. The van der Waals surface area contributed by atoms with Gasteiger partial charge < -0.3 is 9.30 Å². The van der Waals surface area contributed by atoms with Crippen LogP contribution in [0.15, 0.2) is 36.8 Å². The fourth-order valence-electron chi connectivity index (χ4n) is 3.47. The normalized spacial score (nSPS) is 15.8. The Labute approximate surface area is 148 Å². The van der Waals surface area contributed by atoms with E-state index >= 15 is 0 Å². The first-order valence-electron chi connectivity index (χ1n) is 8.95. The molecule has 2 aromatic heterocycles. The van der Waals surface area contributed by atoms with E-state index in [1.54, 1.807) is 0 Å². The van der Waals surface area contributed by atoms with Crippen LogP contribution in [0.2, 0.25) is 0 Å². The second kappa shape index (κ2) is 6.94. The zero-order chi connectivity index (χ0) is 17.2. The Balaban J connectivity index is 1.67. The fraction of sp³-hybridized carbons (Fsp3) is 0.400. The van der Waals surface area contributed by atoms with Crippen LogP contribution in [-0.2, 0) is 17.8 Å². The molecule has 5 heteroatoms. The molecule has 1 aliphatic heterocycles. The van der Waals surface area contributed by atoms with Gasteiger partial charge in [0.15, 0.2) is 0 Å². The number of fused-ring (bicyclic) bond motifs is 1. The number of benzene rings is 1. The molecule has 0 bridgehead atoms. The Hall–Kier alpha value is -2.24. The largest absolute Gasteiger partial charge is 0.379 e. The van der Waals surface area contributed by atoms with Crippen LogP contribution in [0, 0.1) is 6.92 Å². The molecule has 1 aromatic carbocycles. The van der Waals surface area contributed by atoms with Crippen LogP contribution in [0.5, 0.6) is 0 Å². The van der Waals surface area contributed by atoms with Crippen molar-refractivity contribution in [2.24, 2.45) is 0 Å². The maximum atomic E-state index is 5.44. The smallest absolute Gasteiger partial charge is 0.0951 e. The molecule has 0 saturated carbocycles. The molecular weight excluding hydrogens is 312 g/mol. The summed E-state index contributed by atoms with van der Waals surface area (Å²) in [5.74, 6) is 0. The van der Waals surface area contributed by atoms with Crippen molar-refractivity contribution in [2.45, 2.75) is 26.9 Å². The van der Waals surface area contributed by atoms with Crippen LogP contribution in [0.25, 0.3) is 22.3 Å². The Morgan fingerprint density at radius 1 is 1.16 bits per heavy atom. The summed E-state index contributed by atoms with van der Waals surface area (Å²) in [5, 5.41) is 1.23. The first-order chi connectivity index (χ1) is 12.2. The monoisotopic (exact) mass is 336 g/mol. The lowest BCUT2D eigenvalue weighted by molar-refractivity contribution is 0.0342. The minimum absolute atomic E-state index is 0.836. The van der Waals surface area contributed by atoms with Crippen molar-refractivity contribution >= 4 is 10.9 Å². The van der Waals surface area contributed by atoms with Gasteiger partial charge in [0.25, 0.3) is 0 Å². The van der Waals surface area contributed by atoms with Gasteiger partial charge in [-0.2, -0.15) is 0 Å². The van der Waals surface area contributed by atoms with Gasteiger partial charge in [-0.3, -0.25) is 4.90 Å². The van der Waals surface area contributed by atoms with Gasteiger partial charge >= 0.3 is 0 Å². The van der Waals surface area contributed by atoms with Crippen LogP contribution in [0.1, 0.15) is 18.1 Å². The third kappa shape index (κ3) is 3.30. The Morgan fingerprint density at radius 2 is 2.00 bits per heavy atom. The lowest BCUT2D eigenvalue weighted by atomic mass is 10.0. The van der Waals surface area contributed by atoms with Crippen LogP contribution in [0.3, 0.4) is 0 Å². The lowest BCUT2D eigenvalue weighted by Gasteiger charge is -2.26. The maximum absolute atomic E-state index is 5.44. The zero-order valence-electron chi connectivity index (χ0n) is 14.9. The van der Waals surface area contributed by atoms with Gasteiger partial charge in [-0.05, 0) is 43.2 Å². The van der Waals surface area contributed by atoms with E-state index in [1.165, 1.54) is 16.5 Å². The highest BCUT2D eigenvalue weighted by Gasteiger charge is 2.13. The predicted octanol–water partition coefficient (Wildman–Crippen LogP) is 3.26. The molecule has 0 spiro atoms. The molecule has 0 unspecified atom stereocenters. The molecule has 0 aliphatic carbocycles. The van der Waals surface area contributed by atoms with Crippen molar-refractivity contribution in [2.75, 3.05) is 26.3 Å². The summed E-state index contributed by atoms with van der Waals surface area (Å²) in [7, 11) is 0. The van der Waals surface area contributed by atoms with E-state index in [4.69, 9.17) is 9.72 Å². The van der Waals surface area contributed by atoms with Crippen LogP contribution in [-0.4, -0.2) is 45.7 Å². The summed E-state index contributed by atoms with van der Waals surface area (Å²) >= 11 is 0. The minimum atomic E-state index is 0.836. The van der Waals surface area contributed by atoms with E-state index in [0.717, 1.165) is 56.3 Å². The van der Waals surface area contributed by atoms with E-state index in [0.29, 0.717) is 0 Å². The van der Waals surface area contributed by atoms with Crippen LogP contribution in [0.4, 0.5) is 0 Å². The van der Waals surface area contributed by atoms with Gasteiger partial charge in [-0.15, -0.1) is 0 Å². The quantitative estimate of drug-likeness (QED) is 0.733. The third-order valence-electron chi connectivity index (χ3n) is 4.91. The highest BCUT2D eigenvalue weighted by atomic mass is 16.5. The Kier molecular flexibility index (Phi) is 4.51. The highest BCUT2D eigenvalue weighted by molar-refractivity contribution is 5.85. The molecule has 5 nitrogen and oxygen atoms in total. The number of morpholine rings is 1. The first-order valence-corrected chi connectivity index (χ1v) is 8.95. The summed E-state index contributed by atoms with van der Waals surface area (Å²) in [4.78, 5) is 11.6. The summed E-state index contributed by atoms with van der Waals surface area (Å²) in [6, 6.07) is 8.80. The number of rotatable bonds is 4. The standard InChI is InChI=1S/C20H24N4O/c1-3-24-14-21-12-20(24)19-10-15(2)17-11-16(4-5-18(17)22-19)13-23-6-8-25-9-7-23/h4-5,10-12,14H,3,6-9,13H2,1-2H3. The topological polar surface area (TPSA) is 43.2 Å². The summed E-state index contributed by atoms with van der Waals surface area (Å²) in [5.41, 5.74) is 5.71. The lowest BCUT2D eigenvalue weighted by Crippen LogP contribution is -2.35. The average Bonchev–Trinajstić information content (AvgIpc) is 3.12. The first kappa shape index (κ1) is 16.2. The SMILES string of the molecule is CCn1cncc1-c1cc(C)c2cc(CN3CCOCC3)ccc2n1. The van der Waals surface area contributed by atoms with Gasteiger partial charge in [0.2, 0.25) is 0 Å². The van der Waals surface area contributed by atoms with Gasteiger partial charge in [0.1, 0.15) is 0 Å². The maximum Gasteiger partial charge on any atom is 0.0951 e. The molecule has 1 aliphatic rings. The highest BCUT2D eigenvalue weighted by Crippen LogP contribution is 2.25.